The average molecular weight is 365 g/mol. The van der Waals surface area contributed by atoms with Gasteiger partial charge in [-0.1, -0.05) is 48.0 Å². The van der Waals surface area contributed by atoms with E-state index in [0.717, 1.165) is 15.7 Å². The predicted octanol–water partition coefficient (Wildman–Crippen LogP) is 3.98. The third kappa shape index (κ3) is 2.59. The van der Waals surface area contributed by atoms with Crippen LogP contribution in [-0.4, -0.2) is 16.9 Å². The van der Waals surface area contributed by atoms with Gasteiger partial charge < -0.3 is 10.4 Å². The molecule has 0 saturated heterocycles. The first-order valence-corrected chi connectivity index (χ1v) is 8.26. The molecular weight excluding hydrogens is 352 g/mol. The highest BCUT2D eigenvalue weighted by Crippen LogP contribution is 2.34. The first-order valence-electron chi connectivity index (χ1n) is 7.88. The van der Waals surface area contributed by atoms with Gasteiger partial charge in [0.2, 0.25) is 0 Å². The van der Waals surface area contributed by atoms with Crippen molar-refractivity contribution in [1.82, 2.24) is 0 Å². The van der Waals surface area contributed by atoms with E-state index in [1.165, 1.54) is 12.1 Å². The molecule has 6 heteroatoms. The number of phenols is 1. The van der Waals surface area contributed by atoms with Crippen molar-refractivity contribution >= 4 is 45.6 Å². The highest BCUT2D eigenvalue weighted by atomic mass is 35.5. The monoisotopic (exact) mass is 364 g/mol. The Kier molecular flexibility index (Phi) is 3.86. The molecule has 0 atom stereocenters. The van der Waals surface area contributed by atoms with E-state index in [4.69, 9.17) is 11.6 Å². The molecule has 4 rings (SSSR count). The average Bonchev–Trinajstić information content (AvgIpc) is 2.86. The largest absolute Gasteiger partial charge is 0.508 e. The second-order valence-corrected chi connectivity index (χ2v) is 6.18. The van der Waals surface area contributed by atoms with E-state index in [1.807, 2.05) is 30.3 Å². The number of hydrogen-bond donors (Lipinski definition) is 2. The van der Waals surface area contributed by atoms with E-state index in [9.17, 15) is 14.7 Å². The summed E-state index contributed by atoms with van der Waals surface area (Å²) in [4.78, 5) is 26.6. The smallest absolute Gasteiger partial charge is 0.283 e. The number of aromatic hydroxyl groups is 1. The van der Waals surface area contributed by atoms with Gasteiger partial charge in [0.25, 0.3) is 11.8 Å². The maximum Gasteiger partial charge on any atom is 0.283 e. The molecule has 26 heavy (non-hydrogen) atoms. The standard InChI is InChI=1S/C20H13ClN2O3/c21-17-18(22-13-8-10-14(24)11-9-13)20(26)23(19(17)25)16-7-3-5-12-4-1-2-6-15(12)16/h1-11,22,24H. The molecule has 1 heterocycles. The van der Waals surface area contributed by atoms with Crippen molar-refractivity contribution in [2.75, 3.05) is 10.2 Å². The van der Waals surface area contributed by atoms with Crippen LogP contribution >= 0.6 is 11.6 Å². The minimum Gasteiger partial charge on any atom is -0.508 e. The molecule has 0 saturated carbocycles. The number of anilines is 2. The number of phenolic OH excluding ortho intramolecular Hbond substituents is 1. The number of amides is 2. The number of hydrogen-bond acceptors (Lipinski definition) is 4. The summed E-state index contributed by atoms with van der Waals surface area (Å²) in [5.41, 5.74) is 1.03. The summed E-state index contributed by atoms with van der Waals surface area (Å²) in [6.07, 6.45) is 0. The lowest BCUT2D eigenvalue weighted by Crippen LogP contribution is -2.32. The quantitative estimate of drug-likeness (QED) is 0.544. The van der Waals surface area contributed by atoms with Gasteiger partial charge in [0.1, 0.15) is 16.5 Å². The minimum absolute atomic E-state index is 0.00953. The Balaban J connectivity index is 1.73. The molecule has 0 radical (unpaired) electrons. The third-order valence-electron chi connectivity index (χ3n) is 4.17. The van der Waals surface area contributed by atoms with Gasteiger partial charge in [-0.05, 0) is 35.7 Å². The summed E-state index contributed by atoms with van der Waals surface area (Å²) in [5.74, 6) is -0.999. The molecule has 3 aromatic rings. The Morgan fingerprint density at radius 2 is 1.54 bits per heavy atom. The fourth-order valence-electron chi connectivity index (χ4n) is 2.92. The zero-order valence-corrected chi connectivity index (χ0v) is 14.2. The van der Waals surface area contributed by atoms with E-state index in [1.54, 1.807) is 24.3 Å². The summed E-state index contributed by atoms with van der Waals surface area (Å²) < 4.78 is 0. The lowest BCUT2D eigenvalue weighted by atomic mass is 10.1. The molecule has 0 bridgehead atoms. The van der Waals surface area contributed by atoms with Gasteiger partial charge in [0.15, 0.2) is 0 Å². The number of carbonyl (C=O) groups excluding carboxylic acids is 2. The summed E-state index contributed by atoms with van der Waals surface area (Å²) in [7, 11) is 0. The van der Waals surface area contributed by atoms with Crippen molar-refractivity contribution < 1.29 is 14.7 Å². The van der Waals surface area contributed by atoms with Crippen LogP contribution in [0.4, 0.5) is 11.4 Å². The summed E-state index contributed by atoms with van der Waals surface area (Å²) in [6.45, 7) is 0. The molecule has 128 valence electrons. The van der Waals surface area contributed by atoms with Crippen LogP contribution in [-0.2, 0) is 9.59 Å². The van der Waals surface area contributed by atoms with Gasteiger partial charge >= 0.3 is 0 Å². The SMILES string of the molecule is O=C1C(Cl)=C(Nc2ccc(O)cc2)C(=O)N1c1cccc2ccccc12. The number of rotatable bonds is 3. The Labute approximate surface area is 154 Å². The highest BCUT2D eigenvalue weighted by molar-refractivity contribution is 6.53. The van der Waals surface area contributed by atoms with Gasteiger partial charge in [-0.2, -0.15) is 0 Å². The minimum atomic E-state index is -0.575. The lowest BCUT2D eigenvalue weighted by Gasteiger charge is -2.17. The molecule has 1 aliphatic rings. The van der Waals surface area contributed by atoms with E-state index in [-0.39, 0.29) is 16.5 Å². The van der Waals surface area contributed by atoms with Crippen LogP contribution in [0, 0.1) is 0 Å². The van der Waals surface area contributed by atoms with Crippen LogP contribution < -0.4 is 10.2 Å². The van der Waals surface area contributed by atoms with Crippen molar-refractivity contribution in [3.63, 3.8) is 0 Å². The number of halogens is 1. The second kappa shape index (κ2) is 6.20. The number of imide groups is 1. The second-order valence-electron chi connectivity index (χ2n) is 5.80. The summed E-state index contributed by atoms with van der Waals surface area (Å²) >= 11 is 6.16. The van der Waals surface area contributed by atoms with E-state index < -0.39 is 11.8 Å². The molecule has 0 unspecified atom stereocenters. The molecule has 5 nitrogen and oxygen atoms in total. The van der Waals surface area contributed by atoms with Crippen LogP contribution in [0.5, 0.6) is 5.75 Å². The van der Waals surface area contributed by atoms with E-state index >= 15 is 0 Å². The lowest BCUT2D eigenvalue weighted by molar-refractivity contribution is -0.120. The van der Waals surface area contributed by atoms with Gasteiger partial charge in [-0.25, -0.2) is 4.90 Å². The Morgan fingerprint density at radius 1 is 0.846 bits per heavy atom. The van der Waals surface area contributed by atoms with Crippen molar-refractivity contribution in [2.24, 2.45) is 0 Å². The number of fused-ring (bicyclic) bond motifs is 1. The Hall–Kier alpha value is -3.31. The van der Waals surface area contributed by atoms with Crippen LogP contribution in [0.3, 0.4) is 0 Å². The number of carbonyl (C=O) groups is 2. The topological polar surface area (TPSA) is 69.6 Å². The molecule has 1 aliphatic heterocycles. The zero-order chi connectivity index (χ0) is 18.3. The summed E-state index contributed by atoms with van der Waals surface area (Å²) in [6, 6.07) is 19.0. The van der Waals surface area contributed by atoms with Crippen molar-refractivity contribution in [2.45, 2.75) is 0 Å². The van der Waals surface area contributed by atoms with Crippen molar-refractivity contribution in [1.29, 1.82) is 0 Å². The molecule has 3 aromatic carbocycles. The maximum absolute atomic E-state index is 12.9. The fourth-order valence-corrected chi connectivity index (χ4v) is 3.14. The van der Waals surface area contributed by atoms with Gasteiger partial charge in [0, 0.05) is 11.1 Å². The van der Waals surface area contributed by atoms with Crippen LogP contribution in [0.1, 0.15) is 0 Å². The van der Waals surface area contributed by atoms with Crippen LogP contribution in [0.15, 0.2) is 77.5 Å². The first-order chi connectivity index (χ1) is 12.6. The summed E-state index contributed by atoms with van der Waals surface area (Å²) in [5, 5.41) is 13.8. The predicted molar refractivity (Wildman–Crippen MR) is 101 cm³/mol. The molecule has 0 aliphatic carbocycles. The highest BCUT2D eigenvalue weighted by Gasteiger charge is 2.39. The fraction of sp³-hybridized carbons (Fsp3) is 0. The molecule has 0 aromatic heterocycles. The van der Waals surface area contributed by atoms with Crippen molar-refractivity contribution in [3.05, 3.63) is 77.5 Å². The maximum atomic E-state index is 12.9. The van der Waals surface area contributed by atoms with Gasteiger partial charge in [0.05, 0.1) is 5.69 Å². The Bertz CT molecular complexity index is 1070. The van der Waals surface area contributed by atoms with Crippen molar-refractivity contribution in [3.8, 4) is 5.75 Å². The third-order valence-corrected chi connectivity index (χ3v) is 4.52. The van der Waals surface area contributed by atoms with Crippen LogP contribution in [0.2, 0.25) is 0 Å². The van der Waals surface area contributed by atoms with Gasteiger partial charge in [-0.15, -0.1) is 0 Å². The van der Waals surface area contributed by atoms with E-state index in [2.05, 4.69) is 5.32 Å². The normalized spacial score (nSPS) is 14.4. The Morgan fingerprint density at radius 3 is 2.31 bits per heavy atom. The van der Waals surface area contributed by atoms with Crippen LogP contribution in [0.25, 0.3) is 10.8 Å². The van der Waals surface area contributed by atoms with E-state index in [0.29, 0.717) is 11.4 Å². The molecule has 2 amide bonds. The zero-order valence-electron chi connectivity index (χ0n) is 13.4. The number of nitrogens with zero attached hydrogens (tertiary/aromatic N) is 1. The molecule has 2 N–H and O–H groups in total. The molecule has 0 fully saturated rings. The molecule has 0 spiro atoms. The number of benzene rings is 3. The number of nitrogens with one attached hydrogen (secondary N) is 1. The van der Waals surface area contributed by atoms with Gasteiger partial charge in [-0.3, -0.25) is 9.59 Å². The molecular formula is C20H13ClN2O3. The first kappa shape index (κ1) is 16.2.